The van der Waals surface area contributed by atoms with Crippen LogP contribution in [0.3, 0.4) is 0 Å². The van der Waals surface area contributed by atoms with E-state index in [1.165, 1.54) is 0 Å². The topological polar surface area (TPSA) is 60.5 Å². The third-order valence-electron chi connectivity index (χ3n) is 4.85. The Bertz CT molecular complexity index is 595. The van der Waals surface area contributed by atoms with Crippen molar-refractivity contribution in [3.63, 3.8) is 0 Å². The first-order valence-electron chi connectivity index (χ1n) is 7.83. The van der Waals surface area contributed by atoms with Gasteiger partial charge in [-0.15, -0.1) is 0 Å². The number of hydrogen-bond donors (Lipinski definition) is 1. The monoisotopic (exact) mass is 302 g/mol. The van der Waals surface area contributed by atoms with Gasteiger partial charge in [0.2, 0.25) is 5.91 Å². The van der Waals surface area contributed by atoms with E-state index in [2.05, 4.69) is 10.3 Å². The quantitative estimate of drug-likeness (QED) is 0.868. The highest BCUT2D eigenvalue weighted by Gasteiger charge is 2.52. The molecule has 2 fully saturated rings. The Balaban J connectivity index is 1.83. The Hall–Kier alpha value is -1.40. The molecule has 0 radical (unpaired) electrons. The fraction of sp³-hybridized carbons (Fsp3) is 0.625. The molecule has 118 valence electrons. The van der Waals surface area contributed by atoms with Gasteiger partial charge in [0.1, 0.15) is 5.82 Å². The molecule has 22 heavy (non-hydrogen) atoms. The minimum absolute atomic E-state index is 0.0521. The van der Waals surface area contributed by atoms with Crippen molar-refractivity contribution in [3.05, 3.63) is 17.8 Å². The number of nitrogens with zero attached hydrogens (tertiary/aromatic N) is 1. The van der Waals surface area contributed by atoms with Gasteiger partial charge in [-0.3, -0.25) is 4.79 Å². The van der Waals surface area contributed by atoms with Crippen molar-refractivity contribution in [3.8, 4) is 0 Å². The van der Waals surface area contributed by atoms with Crippen molar-refractivity contribution in [2.24, 2.45) is 5.92 Å². The second-order valence-corrected chi connectivity index (χ2v) is 7.28. The maximum atomic E-state index is 11.9. The zero-order valence-corrected chi connectivity index (χ0v) is 13.9. The van der Waals surface area contributed by atoms with E-state index in [4.69, 9.17) is 9.31 Å². The van der Waals surface area contributed by atoms with Crippen LogP contribution in [-0.2, 0) is 14.1 Å². The Morgan fingerprint density at radius 3 is 2.41 bits per heavy atom. The SMILES string of the molecule is Cc1cnc(NC(=O)C2CC2)cc1B1OC(C)(C)C(C)(C)O1. The van der Waals surface area contributed by atoms with Gasteiger partial charge in [0.25, 0.3) is 0 Å². The predicted octanol–water partition coefficient (Wildman–Crippen LogP) is 2.04. The molecule has 1 aliphatic heterocycles. The zero-order valence-electron chi connectivity index (χ0n) is 13.9. The summed E-state index contributed by atoms with van der Waals surface area (Å²) in [7, 11) is -0.440. The molecule has 1 aromatic rings. The molecule has 0 bridgehead atoms. The molecular formula is C16H23BN2O3. The summed E-state index contributed by atoms with van der Waals surface area (Å²) in [4.78, 5) is 16.2. The van der Waals surface area contributed by atoms with Crippen molar-refractivity contribution >= 4 is 24.3 Å². The summed E-state index contributed by atoms with van der Waals surface area (Å²) in [6.45, 7) is 10.1. The minimum Gasteiger partial charge on any atom is -0.399 e. The lowest BCUT2D eigenvalue weighted by atomic mass is 9.77. The molecule has 6 heteroatoms. The molecule has 1 aromatic heterocycles. The molecule has 0 spiro atoms. The number of hydrogen-bond acceptors (Lipinski definition) is 4. The number of aryl methyl sites for hydroxylation is 1. The van der Waals surface area contributed by atoms with Crippen LogP contribution < -0.4 is 10.8 Å². The first-order chi connectivity index (χ1) is 10.2. The highest BCUT2D eigenvalue weighted by atomic mass is 16.7. The Kier molecular flexibility index (Phi) is 3.57. The van der Waals surface area contributed by atoms with Crippen LogP contribution >= 0.6 is 0 Å². The van der Waals surface area contributed by atoms with E-state index in [9.17, 15) is 4.79 Å². The van der Waals surface area contributed by atoms with Gasteiger partial charge < -0.3 is 14.6 Å². The lowest BCUT2D eigenvalue weighted by Crippen LogP contribution is -2.41. The fourth-order valence-corrected chi connectivity index (χ4v) is 2.41. The van der Waals surface area contributed by atoms with E-state index >= 15 is 0 Å². The van der Waals surface area contributed by atoms with E-state index in [1.807, 2.05) is 40.7 Å². The third kappa shape index (κ3) is 2.77. The molecule has 1 N–H and O–H groups in total. The Morgan fingerprint density at radius 2 is 1.86 bits per heavy atom. The first-order valence-corrected chi connectivity index (χ1v) is 7.83. The third-order valence-corrected chi connectivity index (χ3v) is 4.85. The van der Waals surface area contributed by atoms with Crippen LogP contribution in [0.25, 0.3) is 0 Å². The molecule has 0 aromatic carbocycles. The number of aromatic nitrogens is 1. The standard InChI is InChI=1S/C16H23BN2O3/c1-10-9-18-13(19-14(20)11-6-7-11)8-12(10)17-21-15(2,3)16(4,5)22-17/h8-9,11H,6-7H2,1-5H3,(H,18,19,20). The molecule has 0 atom stereocenters. The van der Waals surface area contributed by atoms with Gasteiger partial charge >= 0.3 is 7.12 Å². The summed E-state index contributed by atoms with van der Waals surface area (Å²) in [6.07, 6.45) is 3.70. The fourth-order valence-electron chi connectivity index (χ4n) is 2.41. The van der Waals surface area contributed by atoms with Crippen LogP contribution in [0.1, 0.15) is 46.1 Å². The number of amides is 1. The van der Waals surface area contributed by atoms with Crippen LogP contribution in [0.2, 0.25) is 0 Å². The number of anilines is 1. The molecule has 1 aliphatic carbocycles. The number of carbonyl (C=O) groups excluding carboxylic acids is 1. The molecule has 1 saturated carbocycles. The molecule has 1 amide bonds. The molecule has 3 rings (SSSR count). The Labute approximate surface area is 131 Å². The van der Waals surface area contributed by atoms with E-state index in [0.717, 1.165) is 23.9 Å². The number of carbonyl (C=O) groups is 1. The Morgan fingerprint density at radius 1 is 1.27 bits per heavy atom. The lowest BCUT2D eigenvalue weighted by molar-refractivity contribution is -0.117. The number of rotatable bonds is 3. The van der Waals surface area contributed by atoms with E-state index < -0.39 is 7.12 Å². The smallest absolute Gasteiger partial charge is 0.399 e. The second kappa shape index (κ2) is 5.06. The van der Waals surface area contributed by atoms with Gasteiger partial charge in [0.15, 0.2) is 0 Å². The maximum absolute atomic E-state index is 11.9. The average Bonchev–Trinajstić information content (AvgIpc) is 3.20. The summed E-state index contributed by atoms with van der Waals surface area (Å²) < 4.78 is 12.2. The molecular weight excluding hydrogens is 279 g/mol. The molecule has 1 saturated heterocycles. The van der Waals surface area contributed by atoms with E-state index in [-0.39, 0.29) is 23.0 Å². The molecule has 2 heterocycles. The highest BCUT2D eigenvalue weighted by molar-refractivity contribution is 6.62. The van der Waals surface area contributed by atoms with Gasteiger partial charge in [0, 0.05) is 12.1 Å². The highest BCUT2D eigenvalue weighted by Crippen LogP contribution is 2.36. The summed E-state index contributed by atoms with van der Waals surface area (Å²) in [6, 6.07) is 1.86. The largest absolute Gasteiger partial charge is 0.495 e. The van der Waals surface area contributed by atoms with Crippen LogP contribution in [0.15, 0.2) is 12.3 Å². The average molecular weight is 302 g/mol. The van der Waals surface area contributed by atoms with Gasteiger partial charge in [-0.1, -0.05) is 0 Å². The van der Waals surface area contributed by atoms with Crippen LogP contribution in [0, 0.1) is 12.8 Å². The van der Waals surface area contributed by atoms with Gasteiger partial charge in [-0.05, 0) is 64.6 Å². The first kappa shape index (κ1) is 15.5. The zero-order chi connectivity index (χ0) is 16.1. The molecule has 5 nitrogen and oxygen atoms in total. The molecule has 2 aliphatic rings. The molecule has 0 unspecified atom stereocenters. The number of nitrogens with one attached hydrogen (secondary N) is 1. The van der Waals surface area contributed by atoms with Crippen molar-refractivity contribution in [1.29, 1.82) is 0 Å². The van der Waals surface area contributed by atoms with Gasteiger partial charge in [-0.25, -0.2) is 4.98 Å². The predicted molar refractivity (Wildman–Crippen MR) is 86.0 cm³/mol. The van der Waals surface area contributed by atoms with Crippen LogP contribution in [-0.4, -0.2) is 29.2 Å². The lowest BCUT2D eigenvalue weighted by Gasteiger charge is -2.32. The number of pyridine rings is 1. The van der Waals surface area contributed by atoms with E-state index in [0.29, 0.717) is 5.82 Å². The maximum Gasteiger partial charge on any atom is 0.495 e. The second-order valence-electron chi connectivity index (χ2n) is 7.28. The summed E-state index contributed by atoms with van der Waals surface area (Å²) in [5.41, 5.74) is 1.14. The summed E-state index contributed by atoms with van der Waals surface area (Å²) in [5.74, 6) is 0.770. The van der Waals surface area contributed by atoms with E-state index in [1.54, 1.807) is 6.20 Å². The van der Waals surface area contributed by atoms with Gasteiger partial charge in [0.05, 0.1) is 11.2 Å². The summed E-state index contributed by atoms with van der Waals surface area (Å²) >= 11 is 0. The van der Waals surface area contributed by atoms with Crippen molar-refractivity contribution in [1.82, 2.24) is 4.98 Å². The normalized spacial score (nSPS) is 22.7. The van der Waals surface area contributed by atoms with Crippen molar-refractivity contribution in [2.45, 2.75) is 58.7 Å². The van der Waals surface area contributed by atoms with Crippen LogP contribution in [0.5, 0.6) is 0 Å². The summed E-state index contributed by atoms with van der Waals surface area (Å²) in [5, 5.41) is 2.88. The van der Waals surface area contributed by atoms with Crippen molar-refractivity contribution in [2.75, 3.05) is 5.32 Å². The minimum atomic E-state index is -0.440. The van der Waals surface area contributed by atoms with Crippen molar-refractivity contribution < 1.29 is 14.1 Å². The van der Waals surface area contributed by atoms with Crippen LogP contribution in [0.4, 0.5) is 5.82 Å². The van der Waals surface area contributed by atoms with Gasteiger partial charge in [-0.2, -0.15) is 0 Å².